The highest BCUT2D eigenvalue weighted by Gasteiger charge is 2.53. The second-order valence-electron chi connectivity index (χ2n) is 8.16. The van der Waals surface area contributed by atoms with Crippen LogP contribution in [0.25, 0.3) is 0 Å². The van der Waals surface area contributed by atoms with Crippen molar-refractivity contribution in [2.75, 3.05) is 19.6 Å². The van der Waals surface area contributed by atoms with Gasteiger partial charge in [-0.05, 0) is 92.3 Å². The quantitative estimate of drug-likeness (QED) is 0.564. The van der Waals surface area contributed by atoms with Crippen molar-refractivity contribution in [1.29, 1.82) is 0 Å². The highest BCUT2D eigenvalue weighted by molar-refractivity contribution is 6.34. The smallest absolute Gasteiger partial charge is 0.0423 e. The summed E-state index contributed by atoms with van der Waals surface area (Å²) in [6, 6.07) is 16.8. The van der Waals surface area contributed by atoms with E-state index in [1.807, 2.05) is 6.07 Å². The molecule has 1 aliphatic carbocycles. The van der Waals surface area contributed by atoms with Crippen LogP contribution in [0, 0.1) is 11.3 Å². The number of hydrogen-bond acceptors (Lipinski definition) is 1. The molecular formula is C23H27Cl2N. The summed E-state index contributed by atoms with van der Waals surface area (Å²) in [6.45, 7) is 3.74. The van der Waals surface area contributed by atoms with Crippen LogP contribution >= 0.6 is 23.2 Å². The standard InChI is InChI=1S/C23H27Cl2N/c24-21-14-19(15-22(25)16-21)6-7-20-17-23(20)9-12-26(13-10-23)11-8-18-4-2-1-3-5-18/h1-5,14-16,20H,6-13,17H2. The number of rotatable bonds is 6. The molecule has 0 N–H and O–H groups in total. The molecular weight excluding hydrogens is 361 g/mol. The molecule has 1 heterocycles. The van der Waals surface area contributed by atoms with Crippen LogP contribution in [0.15, 0.2) is 48.5 Å². The largest absolute Gasteiger partial charge is 0.303 e. The van der Waals surface area contributed by atoms with Crippen LogP contribution in [0.3, 0.4) is 0 Å². The molecule has 0 bridgehead atoms. The number of benzene rings is 2. The van der Waals surface area contributed by atoms with Gasteiger partial charge >= 0.3 is 0 Å². The minimum absolute atomic E-state index is 0.644. The predicted molar refractivity (Wildman–Crippen MR) is 111 cm³/mol. The van der Waals surface area contributed by atoms with E-state index in [4.69, 9.17) is 23.2 Å². The first-order valence-corrected chi connectivity index (χ1v) is 10.6. The van der Waals surface area contributed by atoms with E-state index in [0.29, 0.717) is 5.41 Å². The first-order chi connectivity index (χ1) is 12.6. The number of hydrogen-bond donors (Lipinski definition) is 0. The summed E-state index contributed by atoms with van der Waals surface area (Å²) < 4.78 is 0. The van der Waals surface area contributed by atoms with Crippen molar-refractivity contribution in [2.24, 2.45) is 11.3 Å². The van der Waals surface area contributed by atoms with Crippen LogP contribution < -0.4 is 0 Å². The van der Waals surface area contributed by atoms with Gasteiger partial charge in [0.25, 0.3) is 0 Å². The first kappa shape index (κ1) is 18.3. The number of likely N-dealkylation sites (tertiary alicyclic amines) is 1. The molecule has 1 spiro atoms. The minimum atomic E-state index is 0.644. The SMILES string of the molecule is Clc1cc(Cl)cc(CCC2CC23CCN(CCc2ccccc2)CC3)c1. The fraction of sp³-hybridized carbons (Fsp3) is 0.478. The lowest BCUT2D eigenvalue weighted by molar-refractivity contribution is 0.163. The monoisotopic (exact) mass is 387 g/mol. The molecule has 2 aromatic rings. The molecule has 26 heavy (non-hydrogen) atoms. The molecule has 1 aliphatic heterocycles. The van der Waals surface area contributed by atoms with E-state index in [1.54, 1.807) is 0 Å². The van der Waals surface area contributed by atoms with Crippen molar-refractivity contribution in [2.45, 2.75) is 38.5 Å². The third-order valence-corrected chi connectivity index (χ3v) is 6.91. The number of aryl methyl sites for hydroxylation is 1. The van der Waals surface area contributed by atoms with Crippen LogP contribution in [0.5, 0.6) is 0 Å². The fourth-order valence-corrected chi connectivity index (χ4v) is 5.27. The summed E-state index contributed by atoms with van der Waals surface area (Å²) in [5.74, 6) is 0.900. The lowest BCUT2D eigenvalue weighted by Gasteiger charge is -2.33. The lowest BCUT2D eigenvalue weighted by atomic mass is 9.89. The number of piperidine rings is 1. The predicted octanol–water partition coefficient (Wildman–Crippen LogP) is 6.27. The highest BCUT2D eigenvalue weighted by Crippen LogP contribution is 2.61. The van der Waals surface area contributed by atoms with E-state index in [9.17, 15) is 0 Å². The zero-order valence-corrected chi connectivity index (χ0v) is 16.8. The average molecular weight is 388 g/mol. The molecule has 2 aromatic carbocycles. The molecule has 1 saturated carbocycles. The molecule has 0 radical (unpaired) electrons. The Bertz CT molecular complexity index is 715. The van der Waals surface area contributed by atoms with Crippen LogP contribution in [0.1, 0.15) is 36.8 Å². The zero-order chi connectivity index (χ0) is 18.0. The van der Waals surface area contributed by atoms with Gasteiger partial charge in [-0.15, -0.1) is 0 Å². The van der Waals surface area contributed by atoms with Crippen LogP contribution in [0.4, 0.5) is 0 Å². The van der Waals surface area contributed by atoms with Crippen molar-refractivity contribution >= 4 is 23.2 Å². The Morgan fingerprint density at radius 1 is 0.885 bits per heavy atom. The first-order valence-electron chi connectivity index (χ1n) is 9.84. The van der Waals surface area contributed by atoms with Crippen molar-refractivity contribution < 1.29 is 0 Å². The van der Waals surface area contributed by atoms with Gasteiger partial charge in [0, 0.05) is 16.6 Å². The van der Waals surface area contributed by atoms with Crippen molar-refractivity contribution in [3.63, 3.8) is 0 Å². The summed E-state index contributed by atoms with van der Waals surface area (Å²) in [7, 11) is 0. The molecule has 3 heteroatoms. The molecule has 1 nitrogen and oxygen atoms in total. The van der Waals surface area contributed by atoms with Gasteiger partial charge in [-0.2, -0.15) is 0 Å². The summed E-state index contributed by atoms with van der Waals surface area (Å²) in [5, 5.41) is 1.51. The third kappa shape index (κ3) is 4.44. The molecule has 1 unspecified atom stereocenters. The highest BCUT2D eigenvalue weighted by atomic mass is 35.5. The molecule has 2 fully saturated rings. The van der Waals surface area contributed by atoms with E-state index in [0.717, 1.165) is 22.4 Å². The lowest BCUT2D eigenvalue weighted by Crippen LogP contribution is -2.36. The summed E-state index contributed by atoms with van der Waals surface area (Å²) in [6.07, 6.45) is 7.73. The second-order valence-corrected chi connectivity index (χ2v) is 9.03. The Labute approximate surface area is 167 Å². The van der Waals surface area contributed by atoms with Gasteiger partial charge < -0.3 is 4.90 Å². The van der Waals surface area contributed by atoms with E-state index < -0.39 is 0 Å². The van der Waals surface area contributed by atoms with Gasteiger partial charge in [-0.1, -0.05) is 53.5 Å². The Hall–Kier alpha value is -1.02. The van der Waals surface area contributed by atoms with E-state index in [-0.39, 0.29) is 0 Å². The Morgan fingerprint density at radius 2 is 1.58 bits per heavy atom. The molecule has 138 valence electrons. The van der Waals surface area contributed by atoms with Crippen LogP contribution in [-0.2, 0) is 12.8 Å². The zero-order valence-electron chi connectivity index (χ0n) is 15.3. The topological polar surface area (TPSA) is 3.24 Å². The summed E-state index contributed by atoms with van der Waals surface area (Å²) in [5.41, 5.74) is 3.38. The van der Waals surface area contributed by atoms with Crippen molar-refractivity contribution in [3.8, 4) is 0 Å². The van der Waals surface area contributed by atoms with Crippen molar-refractivity contribution in [1.82, 2.24) is 4.90 Å². The van der Waals surface area contributed by atoms with Gasteiger partial charge in [0.05, 0.1) is 0 Å². The maximum Gasteiger partial charge on any atom is 0.0423 e. The second kappa shape index (κ2) is 7.92. The van der Waals surface area contributed by atoms with Gasteiger partial charge in [0.15, 0.2) is 0 Å². The van der Waals surface area contributed by atoms with Gasteiger partial charge in [-0.25, -0.2) is 0 Å². The number of nitrogens with zero attached hydrogens (tertiary/aromatic N) is 1. The third-order valence-electron chi connectivity index (χ3n) is 6.47. The molecule has 1 atom stereocenters. The van der Waals surface area contributed by atoms with Gasteiger partial charge in [0.1, 0.15) is 0 Å². The van der Waals surface area contributed by atoms with E-state index in [2.05, 4.69) is 47.4 Å². The Morgan fingerprint density at radius 3 is 2.27 bits per heavy atom. The van der Waals surface area contributed by atoms with Gasteiger partial charge in [-0.3, -0.25) is 0 Å². The fourth-order valence-electron chi connectivity index (χ4n) is 4.70. The average Bonchev–Trinajstić information content (AvgIpc) is 3.32. The maximum absolute atomic E-state index is 6.12. The Kier molecular flexibility index (Phi) is 5.59. The minimum Gasteiger partial charge on any atom is -0.303 e. The number of halogens is 2. The normalized spacial score (nSPS) is 21.8. The molecule has 0 aromatic heterocycles. The van der Waals surface area contributed by atoms with E-state index >= 15 is 0 Å². The maximum atomic E-state index is 6.12. The van der Waals surface area contributed by atoms with Crippen LogP contribution in [-0.4, -0.2) is 24.5 Å². The molecule has 2 aliphatic rings. The molecule has 0 amide bonds. The van der Waals surface area contributed by atoms with E-state index in [1.165, 1.54) is 62.9 Å². The molecule has 1 saturated heterocycles. The summed E-state index contributed by atoms with van der Waals surface area (Å²) >= 11 is 12.2. The summed E-state index contributed by atoms with van der Waals surface area (Å²) in [4.78, 5) is 2.66. The van der Waals surface area contributed by atoms with Crippen LogP contribution in [0.2, 0.25) is 10.0 Å². The van der Waals surface area contributed by atoms with Gasteiger partial charge in [0.2, 0.25) is 0 Å². The Balaban J connectivity index is 1.21. The van der Waals surface area contributed by atoms with Crippen molar-refractivity contribution in [3.05, 3.63) is 69.7 Å². The molecule has 4 rings (SSSR count).